The van der Waals surface area contributed by atoms with Gasteiger partial charge in [0, 0.05) is 23.5 Å². The summed E-state index contributed by atoms with van der Waals surface area (Å²) in [6.45, 7) is 7.38. The highest BCUT2D eigenvalue weighted by Crippen LogP contribution is 2.27. The van der Waals surface area contributed by atoms with Gasteiger partial charge >= 0.3 is 0 Å². The van der Waals surface area contributed by atoms with Gasteiger partial charge in [0.25, 0.3) is 0 Å². The molecular weight excluding hydrogens is 576 g/mol. The maximum absolute atomic E-state index is 13.6. The van der Waals surface area contributed by atoms with Crippen LogP contribution in [0.5, 0.6) is 0 Å². The number of hydrogen-bond donors (Lipinski definition) is 2. The Morgan fingerprint density at radius 1 is 0.714 bits per heavy atom. The van der Waals surface area contributed by atoms with E-state index in [1.807, 2.05) is 64.1 Å². The third-order valence-corrected chi connectivity index (χ3v) is 11.7. The number of benzene rings is 2. The van der Waals surface area contributed by atoms with E-state index in [2.05, 4.69) is 10.6 Å². The van der Waals surface area contributed by atoms with Gasteiger partial charge in [-0.2, -0.15) is 0 Å². The first-order chi connectivity index (χ1) is 19.8. The molecule has 2 amide bonds. The number of carbonyl (C=O) groups is 2. The first-order valence-corrected chi connectivity index (χ1v) is 18.2. The molecule has 2 aliphatic heterocycles. The summed E-state index contributed by atoms with van der Waals surface area (Å²) in [5, 5.41) is 9.31. The summed E-state index contributed by atoms with van der Waals surface area (Å²) < 4.78 is 50.2. The van der Waals surface area contributed by atoms with Crippen LogP contribution in [0.1, 0.15) is 48.9 Å². The summed E-state index contributed by atoms with van der Waals surface area (Å²) in [4.78, 5) is 27.1. The molecule has 2 heterocycles. The minimum absolute atomic E-state index is 0.0281. The van der Waals surface area contributed by atoms with Gasteiger partial charge in [-0.1, -0.05) is 50.2 Å². The van der Waals surface area contributed by atoms with Crippen LogP contribution >= 0.6 is 0 Å². The van der Waals surface area contributed by atoms with Crippen molar-refractivity contribution in [3.05, 3.63) is 58.7 Å². The molecule has 0 spiro atoms. The second-order valence-electron chi connectivity index (χ2n) is 11.3. The van der Waals surface area contributed by atoms with Gasteiger partial charge in [0.1, 0.15) is 0 Å². The van der Waals surface area contributed by atoms with Crippen molar-refractivity contribution in [1.82, 2.24) is 10.0 Å². The summed E-state index contributed by atoms with van der Waals surface area (Å²) in [6.07, 6.45) is 2.00. The van der Waals surface area contributed by atoms with Crippen LogP contribution < -0.4 is 10.6 Å². The van der Waals surface area contributed by atoms with Crippen molar-refractivity contribution in [3.8, 4) is 0 Å². The Hall–Kier alpha value is -2.80. The lowest BCUT2D eigenvalue weighted by Crippen LogP contribution is -2.58. The Kier molecular flexibility index (Phi) is 10.1. The van der Waals surface area contributed by atoms with Crippen LogP contribution in [0, 0.1) is 13.8 Å². The first-order valence-electron chi connectivity index (χ1n) is 14.5. The molecule has 0 saturated carbocycles. The van der Waals surface area contributed by atoms with Crippen LogP contribution in [0.4, 0.5) is 11.4 Å². The van der Waals surface area contributed by atoms with Gasteiger partial charge in [-0.25, -0.2) is 26.9 Å². The fourth-order valence-electron chi connectivity index (χ4n) is 5.94. The molecule has 42 heavy (non-hydrogen) atoms. The normalized spacial score (nSPS) is 21.1. The van der Waals surface area contributed by atoms with Gasteiger partial charge in [-0.05, 0) is 61.8 Å². The lowest BCUT2D eigenvalue weighted by molar-refractivity contribution is -0.137. The topological polar surface area (TPSA) is 133 Å². The van der Waals surface area contributed by atoms with Crippen LogP contribution in [-0.2, 0) is 42.1 Å². The third-order valence-electron chi connectivity index (χ3n) is 8.21. The van der Waals surface area contributed by atoms with E-state index in [1.54, 1.807) is 10.0 Å². The maximum Gasteiger partial charge on any atom is 0.240 e. The Morgan fingerprint density at radius 2 is 1.10 bits per heavy atom. The molecule has 2 saturated heterocycles. The average Bonchev–Trinajstić information content (AvgIpc) is 3.48. The van der Waals surface area contributed by atoms with Crippen LogP contribution in [0.15, 0.2) is 36.4 Å². The zero-order valence-electron chi connectivity index (χ0n) is 24.9. The van der Waals surface area contributed by atoms with Gasteiger partial charge in [-0.3, -0.25) is 9.59 Å². The van der Waals surface area contributed by atoms with Crippen LogP contribution in [0.3, 0.4) is 0 Å². The summed E-state index contributed by atoms with van der Waals surface area (Å²) in [5.41, 5.74) is 5.18. The molecule has 0 radical (unpaired) electrons. The fraction of sp³-hybridized carbons (Fsp3) is 0.533. The van der Waals surface area contributed by atoms with E-state index < -0.39 is 31.8 Å². The molecule has 2 aromatic rings. The van der Waals surface area contributed by atoms with E-state index in [0.717, 1.165) is 22.3 Å². The summed E-state index contributed by atoms with van der Waals surface area (Å²) in [5.74, 6) is -1.11. The number of nitrogens with zero attached hydrogens (tertiary/aromatic N) is 2. The van der Waals surface area contributed by atoms with Crippen molar-refractivity contribution in [1.29, 1.82) is 0 Å². The van der Waals surface area contributed by atoms with Crippen molar-refractivity contribution in [3.63, 3.8) is 0 Å². The Balaban J connectivity index is 1.66. The van der Waals surface area contributed by atoms with Gasteiger partial charge in [-0.15, -0.1) is 0 Å². The quantitative estimate of drug-likeness (QED) is 0.368. The Bertz CT molecular complexity index is 1430. The highest BCUT2D eigenvalue weighted by molar-refractivity contribution is 7.91. The van der Waals surface area contributed by atoms with Gasteiger partial charge in [0.15, 0.2) is 19.7 Å². The number of hydrogen-bond acceptors (Lipinski definition) is 8. The molecule has 0 bridgehead atoms. The number of aryl methyl sites for hydroxylation is 4. The molecule has 0 aliphatic carbocycles. The van der Waals surface area contributed by atoms with Crippen LogP contribution in [0.25, 0.3) is 0 Å². The van der Waals surface area contributed by atoms with Crippen molar-refractivity contribution in [2.75, 3.05) is 46.7 Å². The third kappa shape index (κ3) is 7.77. The summed E-state index contributed by atoms with van der Waals surface area (Å²) in [7, 11) is -6.69. The van der Waals surface area contributed by atoms with E-state index >= 15 is 0 Å². The number of rotatable bonds is 11. The standard InChI is InChI=1S/C30H42N4O6S2/c1-5-23-11-7-9-21(3)29(23)31-27(35)17-33(25-13-15-41(37,38)19-25)34(26-14-16-42(39,40)20-26)18-28(36)32-30-22(4)10-8-12-24(30)6-2/h7-12,25-26H,5-6,13-20H2,1-4H3,(H,31,35)(H,32,36). The zero-order valence-corrected chi connectivity index (χ0v) is 26.5. The lowest BCUT2D eigenvalue weighted by Gasteiger charge is -2.41. The van der Waals surface area contributed by atoms with E-state index in [0.29, 0.717) is 24.2 Å². The molecule has 0 aromatic heterocycles. The van der Waals surface area contributed by atoms with Gasteiger partial charge in [0.2, 0.25) is 11.8 Å². The maximum atomic E-state index is 13.6. The SMILES string of the molecule is CCc1cccc(C)c1NC(=O)CN(C1CCS(=O)(=O)C1)N(CC(=O)Nc1c(C)cccc1CC)C1CCS(=O)(=O)C1. The monoisotopic (exact) mass is 618 g/mol. The van der Waals surface area contributed by atoms with E-state index in [9.17, 15) is 26.4 Å². The number of amides is 2. The van der Waals surface area contributed by atoms with Crippen molar-refractivity contribution < 1.29 is 26.4 Å². The number of anilines is 2. The molecule has 2 aliphatic rings. The summed E-state index contributed by atoms with van der Waals surface area (Å²) >= 11 is 0. The largest absolute Gasteiger partial charge is 0.324 e. The van der Waals surface area contributed by atoms with Crippen molar-refractivity contribution >= 4 is 42.9 Å². The molecule has 2 fully saturated rings. The Labute approximate surface area is 249 Å². The van der Waals surface area contributed by atoms with Crippen LogP contribution in [0.2, 0.25) is 0 Å². The fourth-order valence-corrected chi connectivity index (χ4v) is 9.38. The molecule has 230 valence electrons. The number of hydrazine groups is 1. The number of carbonyl (C=O) groups excluding carboxylic acids is 2. The molecule has 12 heteroatoms. The molecular formula is C30H42N4O6S2. The van der Waals surface area contributed by atoms with E-state index in [-0.39, 0.29) is 60.8 Å². The second kappa shape index (κ2) is 13.2. The number of sulfone groups is 2. The van der Waals surface area contributed by atoms with Crippen molar-refractivity contribution in [2.24, 2.45) is 0 Å². The van der Waals surface area contributed by atoms with Crippen molar-refractivity contribution in [2.45, 2.75) is 65.5 Å². The number of para-hydroxylation sites is 2. The van der Waals surface area contributed by atoms with E-state index in [1.165, 1.54) is 0 Å². The molecule has 10 nitrogen and oxygen atoms in total. The summed E-state index contributed by atoms with van der Waals surface area (Å²) in [6, 6.07) is 10.4. The minimum atomic E-state index is -3.34. The average molecular weight is 619 g/mol. The molecule has 4 rings (SSSR count). The van der Waals surface area contributed by atoms with Crippen LogP contribution in [-0.4, -0.2) is 86.9 Å². The first kappa shape index (κ1) is 32.1. The van der Waals surface area contributed by atoms with Gasteiger partial charge in [0.05, 0.1) is 36.1 Å². The zero-order chi connectivity index (χ0) is 30.7. The second-order valence-corrected chi connectivity index (χ2v) is 15.8. The Morgan fingerprint density at radius 3 is 1.40 bits per heavy atom. The molecule has 2 atom stereocenters. The minimum Gasteiger partial charge on any atom is -0.324 e. The smallest absolute Gasteiger partial charge is 0.240 e. The van der Waals surface area contributed by atoms with E-state index in [4.69, 9.17) is 0 Å². The predicted molar refractivity (Wildman–Crippen MR) is 166 cm³/mol. The number of nitrogens with one attached hydrogen (secondary N) is 2. The predicted octanol–water partition coefficient (Wildman–Crippen LogP) is 2.90. The lowest BCUT2D eigenvalue weighted by atomic mass is 10.1. The molecule has 2 N–H and O–H groups in total. The van der Waals surface area contributed by atoms with Gasteiger partial charge < -0.3 is 10.6 Å². The highest BCUT2D eigenvalue weighted by atomic mass is 32.2. The molecule has 2 aromatic carbocycles. The molecule has 2 unspecified atom stereocenters. The highest BCUT2D eigenvalue weighted by Gasteiger charge is 2.42.